The molecule has 1 saturated carbocycles. The average molecular weight is 355 g/mol. The Balaban J connectivity index is 1.29. The van der Waals surface area contributed by atoms with E-state index in [4.69, 9.17) is 0 Å². The minimum atomic E-state index is 0.117. The van der Waals surface area contributed by atoms with E-state index >= 15 is 0 Å². The Kier molecular flexibility index (Phi) is 5.09. The van der Waals surface area contributed by atoms with Gasteiger partial charge in [0.15, 0.2) is 5.78 Å². The van der Waals surface area contributed by atoms with E-state index in [9.17, 15) is 9.59 Å². The van der Waals surface area contributed by atoms with Gasteiger partial charge in [0.05, 0.1) is 6.54 Å². The number of benzene rings is 1. The molecule has 1 amide bonds. The minimum Gasteiger partial charge on any atom is -0.339 e. The van der Waals surface area contributed by atoms with Crippen molar-refractivity contribution in [2.24, 2.45) is 0 Å². The van der Waals surface area contributed by atoms with E-state index in [0.29, 0.717) is 6.54 Å². The van der Waals surface area contributed by atoms with Crippen LogP contribution < -0.4 is 0 Å². The Hall–Kier alpha value is -1.72. The summed E-state index contributed by atoms with van der Waals surface area (Å²) in [7, 11) is 0. The van der Waals surface area contributed by atoms with Crippen molar-refractivity contribution in [1.82, 2.24) is 14.7 Å². The Bertz CT molecular complexity index is 690. The molecule has 1 aromatic rings. The van der Waals surface area contributed by atoms with E-state index < -0.39 is 0 Å². The van der Waals surface area contributed by atoms with Gasteiger partial charge in [0.25, 0.3) is 0 Å². The van der Waals surface area contributed by atoms with Gasteiger partial charge in [0.1, 0.15) is 0 Å². The first-order valence-corrected chi connectivity index (χ1v) is 9.97. The number of amides is 1. The minimum absolute atomic E-state index is 0.117. The van der Waals surface area contributed by atoms with Crippen molar-refractivity contribution in [3.63, 3.8) is 0 Å². The number of rotatable bonds is 4. The number of piperazine rings is 1. The second-order valence-electron chi connectivity index (χ2n) is 8.00. The van der Waals surface area contributed by atoms with E-state index in [0.717, 1.165) is 57.3 Å². The Morgan fingerprint density at radius 1 is 1.04 bits per heavy atom. The fraction of sp³-hybridized carbons (Fsp3) is 0.619. The van der Waals surface area contributed by atoms with E-state index in [1.165, 1.54) is 30.4 Å². The second kappa shape index (κ2) is 7.49. The summed E-state index contributed by atoms with van der Waals surface area (Å²) in [6.45, 7) is 7.64. The molecule has 26 heavy (non-hydrogen) atoms. The molecule has 0 atom stereocenters. The van der Waals surface area contributed by atoms with Crippen LogP contribution in [0, 0.1) is 0 Å². The number of hydrogen-bond acceptors (Lipinski definition) is 4. The van der Waals surface area contributed by atoms with Crippen LogP contribution in [-0.2, 0) is 17.8 Å². The lowest BCUT2D eigenvalue weighted by Crippen LogP contribution is -2.55. The molecule has 3 aliphatic rings. The van der Waals surface area contributed by atoms with Crippen LogP contribution in [0.15, 0.2) is 18.2 Å². The molecule has 0 spiro atoms. The zero-order valence-corrected chi connectivity index (χ0v) is 15.7. The van der Waals surface area contributed by atoms with E-state index in [1.807, 2.05) is 17.0 Å². The summed E-state index contributed by atoms with van der Waals surface area (Å²) in [6, 6.07) is 6.77. The monoisotopic (exact) mass is 355 g/mol. The maximum Gasteiger partial charge on any atom is 0.236 e. The fourth-order valence-corrected chi connectivity index (χ4v) is 4.34. The highest BCUT2D eigenvalue weighted by atomic mass is 16.2. The first-order valence-electron chi connectivity index (χ1n) is 9.97. The van der Waals surface area contributed by atoms with Gasteiger partial charge in [-0.25, -0.2) is 0 Å². The van der Waals surface area contributed by atoms with Crippen LogP contribution in [0.1, 0.15) is 47.7 Å². The van der Waals surface area contributed by atoms with Crippen molar-refractivity contribution in [3.05, 3.63) is 34.9 Å². The van der Waals surface area contributed by atoms with Gasteiger partial charge in [-0.3, -0.25) is 19.4 Å². The van der Waals surface area contributed by atoms with Gasteiger partial charge in [-0.15, -0.1) is 0 Å². The maximum absolute atomic E-state index is 12.7. The fourth-order valence-electron chi connectivity index (χ4n) is 4.34. The van der Waals surface area contributed by atoms with Crippen LogP contribution in [0.3, 0.4) is 0 Å². The molecule has 0 unspecified atom stereocenters. The topological polar surface area (TPSA) is 43.9 Å². The quantitative estimate of drug-likeness (QED) is 0.775. The van der Waals surface area contributed by atoms with Crippen molar-refractivity contribution in [2.75, 3.05) is 39.3 Å². The van der Waals surface area contributed by atoms with Gasteiger partial charge in [-0.2, -0.15) is 0 Å². The number of nitrogens with zero attached hydrogens (tertiary/aromatic N) is 3. The van der Waals surface area contributed by atoms with E-state index in [1.54, 1.807) is 6.92 Å². The molecule has 2 aliphatic heterocycles. The highest BCUT2D eigenvalue weighted by Gasteiger charge is 2.30. The molecule has 1 aromatic carbocycles. The van der Waals surface area contributed by atoms with Gasteiger partial charge in [0.2, 0.25) is 5.91 Å². The molecule has 5 nitrogen and oxygen atoms in total. The molecule has 0 bridgehead atoms. The first kappa shape index (κ1) is 17.7. The number of hydrogen-bond donors (Lipinski definition) is 0. The Labute approximate surface area is 155 Å². The van der Waals surface area contributed by atoms with Crippen LogP contribution >= 0.6 is 0 Å². The Morgan fingerprint density at radius 3 is 2.46 bits per heavy atom. The molecule has 140 valence electrons. The molecule has 0 N–H and O–H groups in total. The van der Waals surface area contributed by atoms with Gasteiger partial charge in [0, 0.05) is 50.9 Å². The Morgan fingerprint density at radius 2 is 1.81 bits per heavy atom. The lowest BCUT2D eigenvalue weighted by molar-refractivity contribution is -0.135. The number of carbonyl (C=O) groups is 2. The number of fused-ring (bicyclic) bond motifs is 1. The number of Topliss-reactive ketones (excluding diaryl/α,β-unsaturated/α-hetero) is 1. The second-order valence-corrected chi connectivity index (χ2v) is 8.00. The van der Waals surface area contributed by atoms with Crippen molar-refractivity contribution >= 4 is 11.7 Å². The standard InChI is InChI=1S/C21H29N3O2/c1-16(25)17-5-6-19-14-22(8-7-18(19)13-17)15-21(26)24-11-9-23(10-12-24)20-3-2-4-20/h5-6,13,20H,2-4,7-12,14-15H2,1H3. The zero-order valence-electron chi connectivity index (χ0n) is 15.7. The van der Waals surface area contributed by atoms with Gasteiger partial charge in [-0.1, -0.05) is 18.6 Å². The van der Waals surface area contributed by atoms with Crippen molar-refractivity contribution in [2.45, 2.75) is 45.2 Å². The molecule has 5 heteroatoms. The molecule has 4 rings (SSSR count). The summed E-state index contributed by atoms with van der Waals surface area (Å²) in [5.41, 5.74) is 3.30. The van der Waals surface area contributed by atoms with E-state index in [2.05, 4.69) is 15.9 Å². The largest absolute Gasteiger partial charge is 0.339 e. The molecule has 1 aliphatic carbocycles. The molecule has 0 aromatic heterocycles. The highest BCUT2D eigenvalue weighted by Crippen LogP contribution is 2.26. The molecule has 2 fully saturated rings. The normalized spacial score (nSPS) is 22.0. The molecule has 0 radical (unpaired) electrons. The van der Waals surface area contributed by atoms with Crippen molar-refractivity contribution in [3.8, 4) is 0 Å². The summed E-state index contributed by atoms with van der Waals surface area (Å²) in [4.78, 5) is 31.1. The van der Waals surface area contributed by atoms with Gasteiger partial charge < -0.3 is 4.90 Å². The molecular formula is C21H29N3O2. The molecular weight excluding hydrogens is 326 g/mol. The lowest BCUT2D eigenvalue weighted by Gasteiger charge is -2.43. The SMILES string of the molecule is CC(=O)c1ccc2c(c1)CCN(CC(=O)N1CCN(C3CCC3)CC1)C2. The predicted molar refractivity (Wildman–Crippen MR) is 101 cm³/mol. The smallest absolute Gasteiger partial charge is 0.236 e. The maximum atomic E-state index is 12.7. The van der Waals surface area contributed by atoms with E-state index in [-0.39, 0.29) is 11.7 Å². The van der Waals surface area contributed by atoms with Crippen LogP contribution in [0.5, 0.6) is 0 Å². The third-order valence-corrected chi connectivity index (χ3v) is 6.32. The predicted octanol–water partition coefficient (Wildman–Crippen LogP) is 1.94. The van der Waals surface area contributed by atoms with Crippen LogP contribution in [0.2, 0.25) is 0 Å². The zero-order chi connectivity index (χ0) is 18.1. The van der Waals surface area contributed by atoms with Crippen LogP contribution in [-0.4, -0.2) is 71.7 Å². The summed E-state index contributed by atoms with van der Waals surface area (Å²) < 4.78 is 0. The lowest BCUT2D eigenvalue weighted by atomic mass is 9.91. The first-order chi connectivity index (χ1) is 12.6. The third-order valence-electron chi connectivity index (χ3n) is 6.32. The number of ketones is 1. The summed E-state index contributed by atoms with van der Waals surface area (Å²) in [5.74, 6) is 0.383. The molecule has 2 heterocycles. The molecule has 1 saturated heterocycles. The van der Waals surface area contributed by atoms with Crippen LogP contribution in [0.25, 0.3) is 0 Å². The summed E-state index contributed by atoms with van der Waals surface area (Å²) in [6.07, 6.45) is 4.96. The van der Waals surface area contributed by atoms with Gasteiger partial charge >= 0.3 is 0 Å². The third kappa shape index (κ3) is 3.69. The van der Waals surface area contributed by atoms with Crippen molar-refractivity contribution in [1.29, 1.82) is 0 Å². The van der Waals surface area contributed by atoms with Crippen LogP contribution in [0.4, 0.5) is 0 Å². The van der Waals surface area contributed by atoms with Crippen molar-refractivity contribution < 1.29 is 9.59 Å². The average Bonchev–Trinajstić information content (AvgIpc) is 2.60. The highest BCUT2D eigenvalue weighted by molar-refractivity contribution is 5.94. The summed E-state index contributed by atoms with van der Waals surface area (Å²) in [5, 5.41) is 0. The van der Waals surface area contributed by atoms with Gasteiger partial charge in [-0.05, 0) is 43.4 Å². The number of carbonyl (C=O) groups excluding carboxylic acids is 2. The summed E-state index contributed by atoms with van der Waals surface area (Å²) >= 11 is 0.